The van der Waals surface area contributed by atoms with Crippen molar-refractivity contribution in [1.29, 1.82) is 0 Å². The number of hydrogen-bond donors (Lipinski definition) is 0. The molecule has 1 aliphatic heterocycles. The minimum atomic E-state index is -0.380. The van der Waals surface area contributed by atoms with Crippen molar-refractivity contribution >= 4 is 17.4 Å². The van der Waals surface area contributed by atoms with Crippen LogP contribution in [0.25, 0.3) is 5.57 Å². The van der Waals surface area contributed by atoms with Crippen LogP contribution in [-0.2, 0) is 16.1 Å². The van der Waals surface area contributed by atoms with Crippen LogP contribution < -0.4 is 0 Å². The van der Waals surface area contributed by atoms with Crippen LogP contribution in [0.15, 0.2) is 60.3 Å². The number of amides is 2. The number of benzene rings is 2. The van der Waals surface area contributed by atoms with Gasteiger partial charge in [0.2, 0.25) is 0 Å². The van der Waals surface area contributed by atoms with Crippen molar-refractivity contribution in [2.45, 2.75) is 33.4 Å². The summed E-state index contributed by atoms with van der Waals surface area (Å²) in [5, 5.41) is 0. The first-order valence-electron chi connectivity index (χ1n) is 9.11. The van der Waals surface area contributed by atoms with Gasteiger partial charge in [0.1, 0.15) is 11.5 Å². The molecule has 0 saturated heterocycles. The Balaban J connectivity index is 2.10. The normalized spacial score (nSPS) is 14.5. The summed E-state index contributed by atoms with van der Waals surface area (Å²) in [4.78, 5) is 29.4. The predicted octanol–water partition coefficient (Wildman–Crippen LogP) is 3.84. The second kappa shape index (κ2) is 7.74. The maximum absolute atomic E-state index is 13.4. The van der Waals surface area contributed by atoms with E-state index in [9.17, 15) is 14.0 Å². The van der Waals surface area contributed by atoms with Crippen LogP contribution in [0.5, 0.6) is 0 Å². The highest BCUT2D eigenvalue weighted by Gasteiger charge is 2.42. The zero-order valence-corrected chi connectivity index (χ0v) is 15.8. The fraction of sp³-hybridized carbons (Fsp3) is 0.273. The number of hydrogen-bond acceptors (Lipinski definition) is 3. The molecule has 0 spiro atoms. The third-order valence-electron chi connectivity index (χ3n) is 4.65. The van der Waals surface area contributed by atoms with E-state index < -0.39 is 0 Å². The first-order chi connectivity index (χ1) is 12.9. The second-order valence-corrected chi connectivity index (χ2v) is 6.80. The number of carbonyl (C=O) groups is 2. The van der Waals surface area contributed by atoms with E-state index in [-0.39, 0.29) is 23.7 Å². The molecule has 0 aliphatic carbocycles. The van der Waals surface area contributed by atoms with E-state index in [1.807, 2.05) is 56.0 Å². The van der Waals surface area contributed by atoms with E-state index in [1.165, 1.54) is 17.0 Å². The smallest absolute Gasteiger partial charge is 0.278 e. The molecular weight excluding hydrogens is 343 g/mol. The summed E-state index contributed by atoms with van der Waals surface area (Å²) in [5.41, 5.74) is 2.33. The maximum atomic E-state index is 13.4. The van der Waals surface area contributed by atoms with Crippen molar-refractivity contribution in [3.63, 3.8) is 0 Å². The lowest BCUT2D eigenvalue weighted by molar-refractivity contribution is -0.139. The molecule has 2 aromatic rings. The summed E-state index contributed by atoms with van der Waals surface area (Å²) in [6.07, 6.45) is 0. The van der Waals surface area contributed by atoms with Gasteiger partial charge in [-0.05, 0) is 44.0 Å². The van der Waals surface area contributed by atoms with E-state index in [4.69, 9.17) is 0 Å². The molecule has 0 N–H and O–H groups in total. The Labute approximate surface area is 158 Å². The van der Waals surface area contributed by atoms with Gasteiger partial charge in [0.05, 0.1) is 5.57 Å². The maximum Gasteiger partial charge on any atom is 0.278 e. The van der Waals surface area contributed by atoms with Crippen molar-refractivity contribution in [3.05, 3.63) is 77.2 Å². The second-order valence-electron chi connectivity index (χ2n) is 6.80. The Kier molecular flexibility index (Phi) is 5.40. The predicted molar refractivity (Wildman–Crippen MR) is 103 cm³/mol. The minimum absolute atomic E-state index is 0.256. The molecule has 27 heavy (non-hydrogen) atoms. The van der Waals surface area contributed by atoms with E-state index in [2.05, 4.69) is 0 Å². The zero-order chi connectivity index (χ0) is 19.6. The van der Waals surface area contributed by atoms with Crippen molar-refractivity contribution in [1.82, 2.24) is 9.80 Å². The van der Waals surface area contributed by atoms with Crippen LogP contribution in [0.3, 0.4) is 0 Å². The van der Waals surface area contributed by atoms with E-state index in [0.717, 1.165) is 5.56 Å². The molecule has 1 heterocycles. The standard InChI is InChI=1S/C22H23FN2O2/c1-4-24(14-16-8-6-5-7-9-16)20-19(17-10-12-18(23)13-11-17)21(26)25(15(2)3)22(20)27/h5-13,15H,4,14H2,1-3H3. The SMILES string of the molecule is CCN(Cc1ccccc1)C1=C(c2ccc(F)cc2)C(=O)N(C(C)C)C1=O. The van der Waals surface area contributed by atoms with Gasteiger partial charge in [-0.25, -0.2) is 4.39 Å². The Hall–Kier alpha value is -2.95. The van der Waals surface area contributed by atoms with Crippen molar-refractivity contribution < 1.29 is 14.0 Å². The molecule has 140 valence electrons. The van der Waals surface area contributed by atoms with Crippen LogP contribution >= 0.6 is 0 Å². The summed E-state index contributed by atoms with van der Waals surface area (Å²) >= 11 is 0. The molecule has 5 heteroatoms. The van der Waals surface area contributed by atoms with E-state index >= 15 is 0 Å². The molecule has 4 nitrogen and oxygen atoms in total. The summed E-state index contributed by atoms with van der Waals surface area (Å²) in [6, 6.07) is 15.3. The van der Waals surface area contributed by atoms with Gasteiger partial charge in [-0.3, -0.25) is 14.5 Å². The van der Waals surface area contributed by atoms with Crippen LogP contribution in [0.4, 0.5) is 4.39 Å². The molecule has 0 bridgehead atoms. The topological polar surface area (TPSA) is 40.6 Å². The van der Waals surface area contributed by atoms with Gasteiger partial charge in [0.25, 0.3) is 11.8 Å². The molecule has 0 radical (unpaired) electrons. The molecule has 2 aromatic carbocycles. The molecule has 0 unspecified atom stereocenters. The van der Waals surface area contributed by atoms with E-state index in [1.54, 1.807) is 12.1 Å². The van der Waals surface area contributed by atoms with E-state index in [0.29, 0.717) is 29.9 Å². The Bertz CT molecular complexity index is 873. The van der Waals surface area contributed by atoms with Gasteiger partial charge < -0.3 is 4.90 Å². The van der Waals surface area contributed by atoms with Gasteiger partial charge in [-0.15, -0.1) is 0 Å². The first kappa shape index (κ1) is 18.8. The number of likely N-dealkylation sites (N-methyl/N-ethyl adjacent to an activating group) is 1. The van der Waals surface area contributed by atoms with Gasteiger partial charge in [-0.1, -0.05) is 42.5 Å². The first-order valence-corrected chi connectivity index (χ1v) is 9.11. The van der Waals surface area contributed by atoms with Crippen LogP contribution in [0.1, 0.15) is 31.9 Å². The molecule has 0 fully saturated rings. The Morgan fingerprint density at radius 3 is 2.15 bits per heavy atom. The molecule has 0 atom stereocenters. The molecule has 0 aromatic heterocycles. The average Bonchev–Trinajstić information content (AvgIpc) is 2.92. The Morgan fingerprint density at radius 2 is 1.59 bits per heavy atom. The third-order valence-corrected chi connectivity index (χ3v) is 4.65. The minimum Gasteiger partial charge on any atom is -0.362 e. The summed E-state index contributed by atoms with van der Waals surface area (Å²) in [5.74, 6) is -1.01. The summed E-state index contributed by atoms with van der Waals surface area (Å²) in [7, 11) is 0. The fourth-order valence-corrected chi connectivity index (χ4v) is 3.33. The highest BCUT2D eigenvalue weighted by Crippen LogP contribution is 2.33. The molecular formula is C22H23FN2O2. The number of carbonyl (C=O) groups excluding carboxylic acids is 2. The van der Waals surface area contributed by atoms with Gasteiger partial charge in [0, 0.05) is 19.1 Å². The molecule has 3 rings (SSSR count). The fourth-order valence-electron chi connectivity index (χ4n) is 3.33. The number of halogens is 1. The summed E-state index contributed by atoms with van der Waals surface area (Å²) in [6.45, 7) is 6.67. The van der Waals surface area contributed by atoms with Crippen molar-refractivity contribution in [3.8, 4) is 0 Å². The third kappa shape index (κ3) is 3.63. The van der Waals surface area contributed by atoms with Gasteiger partial charge in [0.15, 0.2) is 0 Å². The zero-order valence-electron chi connectivity index (χ0n) is 15.8. The number of nitrogens with zero attached hydrogens (tertiary/aromatic N) is 2. The lowest BCUT2D eigenvalue weighted by Crippen LogP contribution is -2.39. The lowest BCUT2D eigenvalue weighted by atomic mass is 10.0. The highest BCUT2D eigenvalue weighted by atomic mass is 19.1. The number of imide groups is 1. The monoisotopic (exact) mass is 366 g/mol. The summed E-state index contributed by atoms with van der Waals surface area (Å²) < 4.78 is 13.4. The van der Waals surface area contributed by atoms with Gasteiger partial charge >= 0.3 is 0 Å². The average molecular weight is 366 g/mol. The van der Waals surface area contributed by atoms with Gasteiger partial charge in [-0.2, -0.15) is 0 Å². The molecule has 0 saturated carbocycles. The van der Waals surface area contributed by atoms with Crippen LogP contribution in [0, 0.1) is 5.82 Å². The van der Waals surface area contributed by atoms with Crippen LogP contribution in [0.2, 0.25) is 0 Å². The van der Waals surface area contributed by atoms with Crippen LogP contribution in [-0.4, -0.2) is 34.2 Å². The van der Waals surface area contributed by atoms with Crippen molar-refractivity contribution in [2.24, 2.45) is 0 Å². The van der Waals surface area contributed by atoms with Crippen molar-refractivity contribution in [2.75, 3.05) is 6.54 Å². The number of rotatable bonds is 6. The molecule has 1 aliphatic rings. The highest BCUT2D eigenvalue weighted by molar-refractivity contribution is 6.35. The quantitative estimate of drug-likeness (QED) is 0.730. The lowest BCUT2D eigenvalue weighted by Gasteiger charge is -2.25. The molecule has 2 amide bonds. The Morgan fingerprint density at radius 1 is 0.963 bits per heavy atom. The largest absolute Gasteiger partial charge is 0.362 e.